The second-order valence-electron chi connectivity index (χ2n) is 7.54. The maximum absolute atomic E-state index is 11.6. The van der Waals surface area contributed by atoms with Gasteiger partial charge in [-0.15, -0.1) is 0 Å². The normalized spacial score (nSPS) is 12.0. The summed E-state index contributed by atoms with van der Waals surface area (Å²) in [4.78, 5) is 14.5. The van der Waals surface area contributed by atoms with Crippen molar-refractivity contribution in [2.45, 2.75) is 19.4 Å². The van der Waals surface area contributed by atoms with Crippen LogP contribution in [0.3, 0.4) is 0 Å². The number of hydrogen-bond donors (Lipinski definition) is 1. The molecule has 0 aliphatic rings. The number of aromatic nitrogens is 1. The van der Waals surface area contributed by atoms with E-state index < -0.39 is 5.92 Å². The minimum Gasteiger partial charge on any atom is -0.490 e. The zero-order chi connectivity index (χ0) is 23.4. The zero-order valence-electron chi connectivity index (χ0n) is 17.9. The smallest absolute Gasteiger partial charge is 0.214 e. The third-order valence-corrected chi connectivity index (χ3v) is 6.20. The molecule has 8 heteroatoms. The molecule has 0 fully saturated rings. The average Bonchev–Trinajstić information content (AvgIpc) is 3.22. The van der Waals surface area contributed by atoms with Crippen LogP contribution in [0.25, 0.3) is 10.9 Å². The number of para-hydroxylation sites is 1. The number of nitro groups is 1. The third kappa shape index (κ3) is 5.31. The second kappa shape index (κ2) is 10.3. The van der Waals surface area contributed by atoms with E-state index in [9.17, 15) is 10.1 Å². The monoisotopic (exact) mass is 528 g/mol. The summed E-state index contributed by atoms with van der Waals surface area (Å²) >= 11 is 9.56. The minimum atomic E-state index is -0.461. The molecule has 0 spiro atoms. The summed E-state index contributed by atoms with van der Waals surface area (Å²) < 4.78 is 12.6. The summed E-state index contributed by atoms with van der Waals surface area (Å²) in [7, 11) is 0. The van der Waals surface area contributed by atoms with Crippen molar-refractivity contribution < 1.29 is 14.4 Å². The number of nitrogens with zero attached hydrogens (tertiary/aromatic N) is 1. The number of hydrogen-bond acceptors (Lipinski definition) is 4. The minimum absolute atomic E-state index is 0.245. The van der Waals surface area contributed by atoms with Crippen LogP contribution in [0.5, 0.6) is 11.5 Å². The summed E-state index contributed by atoms with van der Waals surface area (Å²) in [5.74, 6) is 0.621. The topological polar surface area (TPSA) is 77.4 Å². The summed E-state index contributed by atoms with van der Waals surface area (Å²) in [6, 6.07) is 18.9. The van der Waals surface area contributed by atoms with E-state index in [1.807, 2.05) is 73.8 Å². The van der Waals surface area contributed by atoms with Crippen LogP contribution in [0.15, 0.2) is 71.3 Å². The van der Waals surface area contributed by atoms with Gasteiger partial charge in [0.05, 0.1) is 17.0 Å². The van der Waals surface area contributed by atoms with Gasteiger partial charge in [0.2, 0.25) is 6.54 Å². The van der Waals surface area contributed by atoms with Gasteiger partial charge in [-0.3, -0.25) is 10.1 Å². The van der Waals surface area contributed by atoms with Gasteiger partial charge >= 0.3 is 0 Å². The Morgan fingerprint density at radius 3 is 2.61 bits per heavy atom. The molecule has 0 unspecified atom stereocenters. The number of ether oxygens (including phenoxy) is 2. The van der Waals surface area contributed by atoms with Crippen LogP contribution in [0.1, 0.15) is 29.5 Å². The van der Waals surface area contributed by atoms with Crippen LogP contribution in [-0.2, 0) is 6.61 Å². The molecular weight excluding hydrogens is 508 g/mol. The summed E-state index contributed by atoms with van der Waals surface area (Å²) in [5, 5.41) is 13.2. The van der Waals surface area contributed by atoms with E-state index in [0.29, 0.717) is 34.2 Å². The van der Waals surface area contributed by atoms with Crippen LogP contribution < -0.4 is 9.47 Å². The average molecular weight is 530 g/mol. The van der Waals surface area contributed by atoms with Crippen LogP contribution in [0.4, 0.5) is 0 Å². The maximum atomic E-state index is 11.6. The molecule has 170 valence electrons. The van der Waals surface area contributed by atoms with Gasteiger partial charge in [0, 0.05) is 27.0 Å². The van der Waals surface area contributed by atoms with Crippen LogP contribution >= 0.6 is 27.5 Å². The van der Waals surface area contributed by atoms with Crippen molar-refractivity contribution in [1.29, 1.82) is 0 Å². The molecule has 0 amide bonds. The highest BCUT2D eigenvalue weighted by molar-refractivity contribution is 9.10. The molecule has 4 aromatic rings. The molecule has 3 aromatic carbocycles. The largest absolute Gasteiger partial charge is 0.490 e. The first kappa shape index (κ1) is 23.1. The number of aromatic amines is 1. The molecule has 33 heavy (non-hydrogen) atoms. The lowest BCUT2D eigenvalue weighted by molar-refractivity contribution is -0.481. The van der Waals surface area contributed by atoms with Gasteiger partial charge in [0.25, 0.3) is 0 Å². The summed E-state index contributed by atoms with van der Waals surface area (Å²) in [6.07, 6.45) is 1.85. The maximum Gasteiger partial charge on any atom is 0.214 e. The number of fused-ring (bicyclic) bond motifs is 1. The van der Waals surface area contributed by atoms with Crippen LogP contribution in [-0.4, -0.2) is 23.1 Å². The Kier molecular flexibility index (Phi) is 7.20. The molecule has 0 radical (unpaired) electrons. The Bertz CT molecular complexity index is 1270. The Hall–Kier alpha value is -3.03. The first-order valence-corrected chi connectivity index (χ1v) is 11.6. The van der Waals surface area contributed by atoms with Crippen LogP contribution in [0.2, 0.25) is 5.02 Å². The molecule has 1 heterocycles. The van der Waals surface area contributed by atoms with Gasteiger partial charge < -0.3 is 14.5 Å². The van der Waals surface area contributed by atoms with Gasteiger partial charge in [0.15, 0.2) is 11.5 Å². The lowest BCUT2D eigenvalue weighted by Gasteiger charge is -2.19. The van der Waals surface area contributed by atoms with E-state index in [1.165, 1.54) is 0 Å². The van der Waals surface area contributed by atoms with Crippen LogP contribution in [0, 0.1) is 10.1 Å². The quantitative estimate of drug-likeness (QED) is 0.188. The molecule has 0 bridgehead atoms. The fourth-order valence-electron chi connectivity index (χ4n) is 3.84. The lowest BCUT2D eigenvalue weighted by atomic mass is 9.90. The number of halogens is 2. The predicted molar refractivity (Wildman–Crippen MR) is 133 cm³/mol. The molecular formula is C25H22BrClN2O4. The number of rotatable bonds is 9. The Labute approximate surface area is 204 Å². The molecule has 6 nitrogen and oxygen atoms in total. The Balaban J connectivity index is 1.72. The lowest BCUT2D eigenvalue weighted by Crippen LogP contribution is -2.14. The van der Waals surface area contributed by atoms with Gasteiger partial charge in [-0.25, -0.2) is 0 Å². The standard InChI is InChI=1S/C25H22BrClN2O4/c1-2-32-24-12-17(11-22(26)25(24)33-15-16-7-9-18(27)10-8-16)21(14-29(30)31)20-13-28-23-6-4-3-5-19(20)23/h3-13,21,28H,2,14-15H2,1H3/t21-/m0/s1. The number of benzene rings is 3. The van der Waals surface area contributed by atoms with E-state index in [0.717, 1.165) is 27.6 Å². The summed E-state index contributed by atoms with van der Waals surface area (Å²) in [5.41, 5.74) is 3.54. The molecule has 1 N–H and O–H groups in total. The Morgan fingerprint density at radius 1 is 1.12 bits per heavy atom. The van der Waals surface area contributed by atoms with Gasteiger partial charge in [0.1, 0.15) is 6.61 Å². The molecule has 0 saturated heterocycles. The van der Waals surface area contributed by atoms with E-state index >= 15 is 0 Å². The third-order valence-electron chi connectivity index (χ3n) is 5.36. The number of nitrogens with one attached hydrogen (secondary N) is 1. The van der Waals surface area contributed by atoms with E-state index in [1.54, 1.807) is 0 Å². The molecule has 0 aliphatic heterocycles. The second-order valence-corrected chi connectivity index (χ2v) is 8.83. The first-order valence-electron chi connectivity index (χ1n) is 10.5. The van der Waals surface area contributed by atoms with Crippen molar-refractivity contribution in [2.75, 3.05) is 13.2 Å². The van der Waals surface area contributed by atoms with Crippen molar-refractivity contribution in [1.82, 2.24) is 4.98 Å². The van der Waals surface area contributed by atoms with Gasteiger partial charge in [-0.05, 0) is 69.9 Å². The fourth-order valence-corrected chi connectivity index (χ4v) is 4.54. The molecule has 4 rings (SSSR count). The molecule has 0 aliphatic carbocycles. The van der Waals surface area contributed by atoms with Crippen molar-refractivity contribution in [3.8, 4) is 11.5 Å². The van der Waals surface area contributed by atoms with Crippen molar-refractivity contribution >= 4 is 38.4 Å². The van der Waals surface area contributed by atoms with E-state index in [-0.39, 0.29) is 11.5 Å². The summed E-state index contributed by atoms with van der Waals surface area (Å²) in [6.45, 7) is 2.40. The van der Waals surface area contributed by atoms with Crippen molar-refractivity contribution in [3.63, 3.8) is 0 Å². The van der Waals surface area contributed by atoms with Crippen molar-refractivity contribution in [3.05, 3.63) is 103 Å². The molecule has 1 atom stereocenters. The van der Waals surface area contributed by atoms with Gasteiger partial charge in [-0.2, -0.15) is 0 Å². The number of H-pyrrole nitrogens is 1. The highest BCUT2D eigenvalue weighted by atomic mass is 79.9. The predicted octanol–water partition coefficient (Wildman–Crippen LogP) is 6.97. The van der Waals surface area contributed by atoms with Crippen molar-refractivity contribution in [2.24, 2.45) is 0 Å². The van der Waals surface area contributed by atoms with E-state index in [2.05, 4.69) is 20.9 Å². The molecule has 1 aromatic heterocycles. The SMILES string of the molecule is CCOc1cc([C@H](C[N+](=O)[O-])c2c[nH]c3ccccc23)cc(Br)c1OCc1ccc(Cl)cc1. The van der Waals surface area contributed by atoms with Gasteiger partial charge in [-0.1, -0.05) is 41.9 Å². The fraction of sp³-hybridized carbons (Fsp3) is 0.200. The zero-order valence-corrected chi connectivity index (χ0v) is 20.2. The molecule has 0 saturated carbocycles. The highest BCUT2D eigenvalue weighted by Gasteiger charge is 2.26. The highest BCUT2D eigenvalue weighted by Crippen LogP contribution is 2.41. The first-order chi connectivity index (χ1) is 16.0. The Morgan fingerprint density at radius 2 is 1.88 bits per heavy atom. The van der Waals surface area contributed by atoms with E-state index in [4.69, 9.17) is 21.1 Å².